The zero-order valence-electron chi connectivity index (χ0n) is 9.24. The van der Waals surface area contributed by atoms with E-state index in [1.165, 1.54) is 0 Å². The van der Waals surface area contributed by atoms with E-state index in [2.05, 4.69) is 4.90 Å². The maximum atomic E-state index is 10.5. The van der Waals surface area contributed by atoms with Gasteiger partial charge < -0.3 is 10.0 Å². The summed E-state index contributed by atoms with van der Waals surface area (Å²) in [6, 6.07) is 0. The lowest BCUT2D eigenvalue weighted by Gasteiger charge is -2.21. The summed E-state index contributed by atoms with van der Waals surface area (Å²) in [4.78, 5) is 12.6. The van der Waals surface area contributed by atoms with Gasteiger partial charge in [-0.05, 0) is 27.9 Å². The molecule has 0 aromatic heterocycles. The van der Waals surface area contributed by atoms with Gasteiger partial charge in [0.25, 0.3) is 0 Å². The molecule has 0 saturated heterocycles. The van der Waals surface area contributed by atoms with Crippen LogP contribution in [0.4, 0.5) is 0 Å². The first kappa shape index (κ1) is 14.1. The summed E-state index contributed by atoms with van der Waals surface area (Å²) in [6.45, 7) is 4.96. The third kappa shape index (κ3) is 8.72. The third-order valence-electron chi connectivity index (χ3n) is 1.48. The Balaban J connectivity index is 3.60. The van der Waals surface area contributed by atoms with Crippen LogP contribution in [-0.4, -0.2) is 47.1 Å². The van der Waals surface area contributed by atoms with Crippen molar-refractivity contribution in [3.8, 4) is 0 Å². The molecular formula is C9H19NO2S2. The van der Waals surface area contributed by atoms with Gasteiger partial charge in [-0.2, -0.15) is 0 Å². The van der Waals surface area contributed by atoms with Crippen molar-refractivity contribution in [1.29, 1.82) is 0 Å². The second-order valence-electron chi connectivity index (χ2n) is 4.04. The Hall–Kier alpha value is 0.130. The van der Waals surface area contributed by atoms with Gasteiger partial charge in [-0.1, -0.05) is 21.6 Å². The van der Waals surface area contributed by atoms with Crippen LogP contribution in [0.1, 0.15) is 20.3 Å². The van der Waals surface area contributed by atoms with Gasteiger partial charge in [0, 0.05) is 17.0 Å². The second-order valence-corrected chi connectivity index (χ2v) is 7.16. The van der Waals surface area contributed by atoms with E-state index < -0.39 is 5.97 Å². The Morgan fingerprint density at radius 1 is 1.43 bits per heavy atom. The Labute approximate surface area is 94.0 Å². The molecule has 5 heteroatoms. The molecule has 0 radical (unpaired) electrons. The Bertz CT molecular complexity index is 184. The molecule has 0 aliphatic heterocycles. The number of rotatable bonds is 7. The molecule has 0 bridgehead atoms. The fourth-order valence-electron chi connectivity index (χ4n) is 0.815. The summed E-state index contributed by atoms with van der Waals surface area (Å²) in [5.41, 5.74) is 0. The molecule has 0 aliphatic rings. The Morgan fingerprint density at radius 3 is 2.43 bits per heavy atom. The molecule has 0 rings (SSSR count). The average molecular weight is 237 g/mol. The van der Waals surface area contributed by atoms with E-state index >= 15 is 0 Å². The lowest BCUT2D eigenvalue weighted by molar-refractivity contribution is -0.137. The largest absolute Gasteiger partial charge is 0.481 e. The molecule has 0 aliphatic carbocycles. The summed E-state index contributed by atoms with van der Waals surface area (Å²) in [7, 11) is 7.47. The van der Waals surface area contributed by atoms with Gasteiger partial charge >= 0.3 is 5.97 Å². The number of carboxylic acids is 1. The van der Waals surface area contributed by atoms with E-state index in [1.54, 1.807) is 21.6 Å². The predicted octanol–water partition coefficient (Wildman–Crippen LogP) is 2.18. The van der Waals surface area contributed by atoms with Crippen molar-refractivity contribution in [3.63, 3.8) is 0 Å². The number of hydrogen-bond donors (Lipinski definition) is 1. The van der Waals surface area contributed by atoms with Crippen LogP contribution in [-0.2, 0) is 4.79 Å². The van der Waals surface area contributed by atoms with Crippen molar-refractivity contribution in [3.05, 3.63) is 0 Å². The van der Waals surface area contributed by atoms with Crippen molar-refractivity contribution >= 4 is 27.6 Å². The summed E-state index contributed by atoms with van der Waals surface area (Å²) in [5.74, 6) is 0.302. The van der Waals surface area contributed by atoms with Gasteiger partial charge in [0.1, 0.15) is 0 Å². The highest BCUT2D eigenvalue weighted by Crippen LogP contribution is 2.37. The summed E-state index contributed by atoms with van der Waals surface area (Å²) >= 11 is 0. The van der Waals surface area contributed by atoms with Crippen molar-refractivity contribution in [2.24, 2.45) is 0 Å². The van der Waals surface area contributed by atoms with Gasteiger partial charge in [0.05, 0.1) is 6.42 Å². The van der Waals surface area contributed by atoms with Crippen LogP contribution in [0.3, 0.4) is 0 Å². The van der Waals surface area contributed by atoms with Gasteiger partial charge in [-0.3, -0.25) is 4.79 Å². The standard InChI is InChI=1S/C9H19NO2S2/c1-9(2,7-8(11)12)14-13-6-5-10(3)4/h5-7H2,1-4H3,(H,11,12). The van der Waals surface area contributed by atoms with E-state index in [-0.39, 0.29) is 11.2 Å². The highest BCUT2D eigenvalue weighted by Gasteiger charge is 2.22. The molecule has 1 N–H and O–H groups in total. The summed E-state index contributed by atoms with van der Waals surface area (Å²) < 4.78 is -0.178. The minimum absolute atomic E-state index is 0.178. The van der Waals surface area contributed by atoms with E-state index in [1.807, 2.05) is 27.9 Å². The molecular weight excluding hydrogens is 218 g/mol. The number of carboxylic acid groups (broad SMARTS) is 1. The number of hydrogen-bond acceptors (Lipinski definition) is 4. The minimum atomic E-state index is -0.726. The highest BCUT2D eigenvalue weighted by molar-refractivity contribution is 8.77. The maximum Gasteiger partial charge on any atom is 0.304 e. The first-order valence-electron chi connectivity index (χ1n) is 4.50. The number of carbonyl (C=O) groups is 1. The van der Waals surface area contributed by atoms with E-state index in [0.29, 0.717) is 0 Å². The molecule has 0 unspecified atom stereocenters. The van der Waals surface area contributed by atoms with E-state index in [0.717, 1.165) is 12.3 Å². The third-order valence-corrected chi connectivity index (χ3v) is 4.75. The van der Waals surface area contributed by atoms with Crippen molar-refractivity contribution in [2.45, 2.75) is 25.0 Å². The normalized spacial score (nSPS) is 12.1. The average Bonchev–Trinajstić information content (AvgIpc) is 1.95. The highest BCUT2D eigenvalue weighted by atomic mass is 33.1. The first-order valence-corrected chi connectivity index (χ1v) is 6.82. The predicted molar refractivity (Wildman–Crippen MR) is 64.9 cm³/mol. The monoisotopic (exact) mass is 237 g/mol. The zero-order valence-corrected chi connectivity index (χ0v) is 10.9. The van der Waals surface area contributed by atoms with Crippen LogP contribution in [0.5, 0.6) is 0 Å². The molecule has 0 fully saturated rings. The summed E-state index contributed by atoms with van der Waals surface area (Å²) in [6.07, 6.45) is 0.215. The molecule has 0 saturated carbocycles. The van der Waals surface area contributed by atoms with Crippen LogP contribution in [0.15, 0.2) is 0 Å². The van der Waals surface area contributed by atoms with Crippen molar-refractivity contribution in [1.82, 2.24) is 4.90 Å². The zero-order chi connectivity index (χ0) is 11.2. The number of nitrogens with zero attached hydrogens (tertiary/aromatic N) is 1. The first-order chi connectivity index (χ1) is 6.33. The Kier molecular flexibility index (Phi) is 6.64. The van der Waals surface area contributed by atoms with Crippen LogP contribution in [0.25, 0.3) is 0 Å². The topological polar surface area (TPSA) is 40.5 Å². The molecule has 0 heterocycles. The van der Waals surface area contributed by atoms with Crippen molar-refractivity contribution in [2.75, 3.05) is 26.4 Å². The van der Waals surface area contributed by atoms with Gasteiger partial charge in [0.2, 0.25) is 0 Å². The van der Waals surface area contributed by atoms with Crippen LogP contribution in [0, 0.1) is 0 Å². The molecule has 0 amide bonds. The fourth-order valence-corrected chi connectivity index (χ4v) is 3.45. The fraction of sp³-hybridized carbons (Fsp3) is 0.889. The van der Waals surface area contributed by atoms with Crippen LogP contribution >= 0.6 is 21.6 Å². The lowest BCUT2D eigenvalue weighted by Crippen LogP contribution is -2.19. The summed E-state index contributed by atoms with van der Waals surface area (Å²) in [5, 5.41) is 8.66. The molecule has 0 spiro atoms. The van der Waals surface area contributed by atoms with Crippen molar-refractivity contribution < 1.29 is 9.90 Å². The second kappa shape index (κ2) is 6.58. The number of aliphatic carboxylic acids is 1. The molecule has 3 nitrogen and oxygen atoms in total. The molecule has 0 aromatic rings. The Morgan fingerprint density at radius 2 is 2.00 bits per heavy atom. The lowest BCUT2D eigenvalue weighted by atomic mass is 10.1. The van der Waals surface area contributed by atoms with Gasteiger partial charge in [-0.25, -0.2) is 0 Å². The minimum Gasteiger partial charge on any atom is -0.481 e. The van der Waals surface area contributed by atoms with Crippen LogP contribution in [0.2, 0.25) is 0 Å². The SMILES string of the molecule is CN(C)CCSSC(C)(C)CC(=O)O. The molecule has 0 atom stereocenters. The van der Waals surface area contributed by atoms with Gasteiger partial charge in [0.15, 0.2) is 0 Å². The molecule has 0 aromatic carbocycles. The molecule has 84 valence electrons. The smallest absolute Gasteiger partial charge is 0.304 e. The van der Waals surface area contributed by atoms with Crippen LogP contribution < -0.4 is 0 Å². The van der Waals surface area contributed by atoms with E-state index in [9.17, 15) is 4.79 Å². The maximum absolute atomic E-state index is 10.5. The van der Waals surface area contributed by atoms with Gasteiger partial charge in [-0.15, -0.1) is 0 Å². The van der Waals surface area contributed by atoms with E-state index in [4.69, 9.17) is 5.11 Å². The molecule has 14 heavy (non-hydrogen) atoms. The quantitative estimate of drug-likeness (QED) is 0.543.